The molecule has 2 unspecified atom stereocenters. The fourth-order valence-electron chi connectivity index (χ4n) is 2.35. The normalized spacial score (nSPS) is 33.5. The maximum Gasteiger partial charge on any atom is 0.317 e. The van der Waals surface area contributed by atoms with Crippen molar-refractivity contribution < 1.29 is 9.90 Å². The molecule has 4 heteroatoms. The van der Waals surface area contributed by atoms with Gasteiger partial charge in [-0.25, -0.2) is 0 Å². The largest absolute Gasteiger partial charge is 0.480 e. The maximum atomic E-state index is 10.4. The lowest BCUT2D eigenvalue weighted by Crippen LogP contribution is -2.36. The second-order valence-corrected chi connectivity index (χ2v) is 4.48. The van der Waals surface area contributed by atoms with Gasteiger partial charge < -0.3 is 10.4 Å². The topological polar surface area (TPSA) is 52.6 Å². The number of carboxylic acid groups (broad SMARTS) is 1. The summed E-state index contributed by atoms with van der Waals surface area (Å²) >= 11 is 0. The fraction of sp³-hybridized carbons (Fsp3) is 0.900. The standard InChI is InChI=1S/C10H18N2O2/c1-7-4-8(11-5-10(13)14)6-12(7)9-2-3-9/h7-9,11H,2-6H2,1H3,(H,13,14). The van der Waals surface area contributed by atoms with Gasteiger partial charge in [0.1, 0.15) is 0 Å². The highest BCUT2D eigenvalue weighted by Gasteiger charge is 2.38. The van der Waals surface area contributed by atoms with Crippen LogP contribution < -0.4 is 5.32 Å². The molecule has 1 aliphatic heterocycles. The summed E-state index contributed by atoms with van der Waals surface area (Å²) in [5.74, 6) is -0.762. The SMILES string of the molecule is CC1CC(NCC(=O)O)CN1C1CC1. The molecule has 0 aromatic rings. The van der Waals surface area contributed by atoms with Crippen molar-refractivity contribution in [2.24, 2.45) is 0 Å². The van der Waals surface area contributed by atoms with Gasteiger partial charge >= 0.3 is 5.97 Å². The predicted octanol–water partition coefficient (Wildman–Crippen LogP) is 0.286. The van der Waals surface area contributed by atoms with E-state index in [1.807, 2.05) is 0 Å². The van der Waals surface area contributed by atoms with Crippen molar-refractivity contribution in [1.82, 2.24) is 10.2 Å². The predicted molar refractivity (Wildman–Crippen MR) is 53.2 cm³/mol. The smallest absolute Gasteiger partial charge is 0.317 e. The van der Waals surface area contributed by atoms with Crippen molar-refractivity contribution in [2.75, 3.05) is 13.1 Å². The summed E-state index contributed by atoms with van der Waals surface area (Å²) in [5.41, 5.74) is 0. The molecule has 2 aliphatic rings. The summed E-state index contributed by atoms with van der Waals surface area (Å²) in [7, 11) is 0. The Labute approximate surface area is 84.3 Å². The number of hydrogen-bond donors (Lipinski definition) is 2. The van der Waals surface area contributed by atoms with Gasteiger partial charge in [0.2, 0.25) is 0 Å². The molecule has 80 valence electrons. The van der Waals surface area contributed by atoms with Crippen molar-refractivity contribution >= 4 is 5.97 Å². The van der Waals surface area contributed by atoms with Crippen LogP contribution in [0.15, 0.2) is 0 Å². The second-order valence-electron chi connectivity index (χ2n) is 4.48. The van der Waals surface area contributed by atoms with E-state index in [0.717, 1.165) is 19.0 Å². The maximum absolute atomic E-state index is 10.4. The minimum absolute atomic E-state index is 0.0931. The van der Waals surface area contributed by atoms with E-state index in [1.165, 1.54) is 12.8 Å². The molecule has 4 nitrogen and oxygen atoms in total. The van der Waals surface area contributed by atoms with Gasteiger partial charge in [-0.3, -0.25) is 9.69 Å². The first-order valence-corrected chi connectivity index (χ1v) is 5.37. The summed E-state index contributed by atoms with van der Waals surface area (Å²) in [5, 5.41) is 11.6. The third-order valence-corrected chi connectivity index (χ3v) is 3.18. The monoisotopic (exact) mass is 198 g/mol. The first-order chi connectivity index (χ1) is 6.66. The summed E-state index contributed by atoms with van der Waals surface area (Å²) in [6.45, 7) is 3.36. The summed E-state index contributed by atoms with van der Waals surface area (Å²) in [4.78, 5) is 12.9. The minimum Gasteiger partial charge on any atom is -0.480 e. The Hall–Kier alpha value is -0.610. The zero-order valence-electron chi connectivity index (χ0n) is 8.57. The Balaban J connectivity index is 1.77. The van der Waals surface area contributed by atoms with E-state index in [4.69, 9.17) is 5.11 Å². The van der Waals surface area contributed by atoms with Crippen LogP contribution in [0.2, 0.25) is 0 Å². The van der Waals surface area contributed by atoms with Crippen LogP contribution in [0.5, 0.6) is 0 Å². The van der Waals surface area contributed by atoms with E-state index in [2.05, 4.69) is 17.1 Å². The zero-order chi connectivity index (χ0) is 10.1. The van der Waals surface area contributed by atoms with Gasteiger partial charge in [-0.15, -0.1) is 0 Å². The van der Waals surface area contributed by atoms with Crippen molar-refractivity contribution in [3.63, 3.8) is 0 Å². The van der Waals surface area contributed by atoms with Gasteiger partial charge in [-0.1, -0.05) is 0 Å². The number of likely N-dealkylation sites (tertiary alicyclic amines) is 1. The zero-order valence-corrected chi connectivity index (χ0v) is 8.57. The molecule has 2 fully saturated rings. The molecule has 2 rings (SSSR count). The Kier molecular flexibility index (Phi) is 2.74. The van der Waals surface area contributed by atoms with E-state index < -0.39 is 5.97 Å². The van der Waals surface area contributed by atoms with Crippen molar-refractivity contribution in [3.05, 3.63) is 0 Å². The first kappa shape index (κ1) is 9.93. The van der Waals surface area contributed by atoms with E-state index in [1.54, 1.807) is 0 Å². The van der Waals surface area contributed by atoms with Crippen LogP contribution >= 0.6 is 0 Å². The van der Waals surface area contributed by atoms with Gasteiger partial charge in [-0.2, -0.15) is 0 Å². The Morgan fingerprint density at radius 1 is 1.57 bits per heavy atom. The molecule has 1 heterocycles. The molecule has 2 N–H and O–H groups in total. The molecule has 2 atom stereocenters. The van der Waals surface area contributed by atoms with Gasteiger partial charge in [0, 0.05) is 24.7 Å². The van der Waals surface area contributed by atoms with Gasteiger partial charge in [0.05, 0.1) is 6.54 Å². The minimum atomic E-state index is -0.762. The number of rotatable bonds is 4. The molecule has 1 saturated carbocycles. The van der Waals surface area contributed by atoms with Crippen molar-refractivity contribution in [2.45, 2.75) is 44.3 Å². The molecular formula is C10H18N2O2. The number of aliphatic carboxylic acids is 1. The lowest BCUT2D eigenvalue weighted by Gasteiger charge is -2.19. The lowest BCUT2D eigenvalue weighted by atomic mass is 10.2. The highest BCUT2D eigenvalue weighted by atomic mass is 16.4. The number of nitrogens with one attached hydrogen (secondary N) is 1. The third-order valence-electron chi connectivity index (χ3n) is 3.18. The van der Waals surface area contributed by atoms with Crippen molar-refractivity contribution in [1.29, 1.82) is 0 Å². The van der Waals surface area contributed by atoms with Crippen LogP contribution in [0.25, 0.3) is 0 Å². The Morgan fingerprint density at radius 3 is 2.86 bits per heavy atom. The van der Waals surface area contributed by atoms with Crippen molar-refractivity contribution in [3.8, 4) is 0 Å². The summed E-state index contributed by atoms with van der Waals surface area (Å²) < 4.78 is 0. The first-order valence-electron chi connectivity index (χ1n) is 5.37. The second kappa shape index (κ2) is 3.87. The Morgan fingerprint density at radius 2 is 2.29 bits per heavy atom. The molecule has 0 aromatic carbocycles. The average molecular weight is 198 g/mol. The molecule has 0 aromatic heterocycles. The summed E-state index contributed by atoms with van der Waals surface area (Å²) in [6, 6.07) is 1.79. The molecule has 0 radical (unpaired) electrons. The van der Waals surface area contributed by atoms with Gasteiger partial charge in [0.25, 0.3) is 0 Å². The lowest BCUT2D eigenvalue weighted by molar-refractivity contribution is -0.136. The molecule has 0 spiro atoms. The Bertz CT molecular complexity index is 228. The van der Waals surface area contributed by atoms with Gasteiger partial charge in [0.15, 0.2) is 0 Å². The highest BCUT2D eigenvalue weighted by molar-refractivity contribution is 5.69. The number of nitrogens with zero attached hydrogens (tertiary/aromatic N) is 1. The third kappa shape index (κ3) is 2.25. The highest BCUT2D eigenvalue weighted by Crippen LogP contribution is 2.33. The molecule has 1 aliphatic carbocycles. The number of carboxylic acids is 1. The van der Waals surface area contributed by atoms with Crippen LogP contribution in [0.1, 0.15) is 26.2 Å². The van der Waals surface area contributed by atoms with Crippen LogP contribution in [-0.4, -0.2) is 47.2 Å². The van der Waals surface area contributed by atoms with Gasteiger partial charge in [-0.05, 0) is 26.2 Å². The van der Waals surface area contributed by atoms with Crippen LogP contribution in [-0.2, 0) is 4.79 Å². The van der Waals surface area contributed by atoms with Crippen LogP contribution in [0.4, 0.5) is 0 Å². The van der Waals surface area contributed by atoms with E-state index in [9.17, 15) is 4.79 Å². The average Bonchev–Trinajstić information content (AvgIpc) is 2.88. The quantitative estimate of drug-likeness (QED) is 0.681. The van der Waals surface area contributed by atoms with E-state index >= 15 is 0 Å². The van der Waals surface area contributed by atoms with E-state index in [0.29, 0.717) is 12.1 Å². The number of hydrogen-bond acceptors (Lipinski definition) is 3. The molecular weight excluding hydrogens is 180 g/mol. The molecule has 0 bridgehead atoms. The molecule has 1 saturated heterocycles. The fourth-order valence-corrected chi connectivity index (χ4v) is 2.35. The number of carbonyl (C=O) groups is 1. The molecule has 14 heavy (non-hydrogen) atoms. The molecule has 0 amide bonds. The summed E-state index contributed by atoms with van der Waals surface area (Å²) in [6.07, 6.45) is 3.75. The van der Waals surface area contributed by atoms with Crippen LogP contribution in [0.3, 0.4) is 0 Å². The van der Waals surface area contributed by atoms with E-state index in [-0.39, 0.29) is 6.54 Å². The van der Waals surface area contributed by atoms with Crippen LogP contribution in [0, 0.1) is 0 Å².